The standard InChI is InChI=1S/C17H23N3/c1-15-13-18-11-9-17(15)19-10-6-12-20(2)14-16-7-4-3-5-8-16/h3-5,7-9,11,13H,6,10,12,14H2,1-2H3,(H,18,19). The van der Waals surface area contributed by atoms with Crippen molar-refractivity contribution in [3.8, 4) is 0 Å². The van der Waals surface area contributed by atoms with Crippen LogP contribution in [0.2, 0.25) is 0 Å². The lowest BCUT2D eigenvalue weighted by molar-refractivity contribution is 0.325. The molecule has 0 unspecified atom stereocenters. The van der Waals surface area contributed by atoms with Crippen LogP contribution in [0.5, 0.6) is 0 Å². The third kappa shape index (κ3) is 4.67. The quantitative estimate of drug-likeness (QED) is 0.782. The summed E-state index contributed by atoms with van der Waals surface area (Å²) in [5.41, 5.74) is 3.75. The van der Waals surface area contributed by atoms with Gasteiger partial charge in [-0.15, -0.1) is 0 Å². The Morgan fingerprint density at radius 3 is 2.70 bits per heavy atom. The van der Waals surface area contributed by atoms with Gasteiger partial charge in [-0.3, -0.25) is 4.98 Å². The monoisotopic (exact) mass is 269 g/mol. The Bertz CT molecular complexity index is 511. The number of aromatic nitrogens is 1. The molecule has 0 aliphatic heterocycles. The maximum Gasteiger partial charge on any atom is 0.0400 e. The third-order valence-electron chi connectivity index (χ3n) is 3.35. The molecule has 0 saturated heterocycles. The van der Waals surface area contributed by atoms with Crippen molar-refractivity contribution in [3.63, 3.8) is 0 Å². The Morgan fingerprint density at radius 2 is 1.95 bits per heavy atom. The van der Waals surface area contributed by atoms with Crippen molar-refractivity contribution < 1.29 is 0 Å². The van der Waals surface area contributed by atoms with Crippen LogP contribution >= 0.6 is 0 Å². The number of nitrogens with zero attached hydrogens (tertiary/aromatic N) is 2. The molecule has 0 saturated carbocycles. The van der Waals surface area contributed by atoms with Crippen molar-refractivity contribution in [3.05, 3.63) is 59.9 Å². The normalized spacial score (nSPS) is 10.8. The van der Waals surface area contributed by atoms with Gasteiger partial charge in [-0.05, 0) is 44.1 Å². The molecule has 106 valence electrons. The number of benzene rings is 1. The van der Waals surface area contributed by atoms with Crippen molar-refractivity contribution in [2.45, 2.75) is 19.9 Å². The first kappa shape index (κ1) is 14.5. The second-order valence-electron chi connectivity index (χ2n) is 5.19. The summed E-state index contributed by atoms with van der Waals surface area (Å²) in [7, 11) is 2.17. The van der Waals surface area contributed by atoms with Crippen LogP contribution < -0.4 is 5.32 Å². The zero-order valence-electron chi connectivity index (χ0n) is 12.3. The van der Waals surface area contributed by atoms with E-state index in [4.69, 9.17) is 0 Å². The van der Waals surface area contributed by atoms with E-state index in [9.17, 15) is 0 Å². The van der Waals surface area contributed by atoms with Crippen molar-refractivity contribution >= 4 is 5.69 Å². The van der Waals surface area contributed by atoms with E-state index in [1.54, 1.807) is 0 Å². The summed E-state index contributed by atoms with van der Waals surface area (Å²) in [6.45, 7) is 5.17. The van der Waals surface area contributed by atoms with Crippen molar-refractivity contribution in [1.29, 1.82) is 0 Å². The van der Waals surface area contributed by atoms with Crippen molar-refractivity contribution in [2.75, 3.05) is 25.5 Å². The molecule has 0 aliphatic rings. The zero-order chi connectivity index (χ0) is 14.2. The summed E-state index contributed by atoms with van der Waals surface area (Å²) in [6.07, 6.45) is 4.85. The molecule has 1 N–H and O–H groups in total. The maximum atomic E-state index is 4.10. The molecule has 3 heteroatoms. The first-order valence-corrected chi connectivity index (χ1v) is 7.12. The number of aryl methyl sites for hydroxylation is 1. The zero-order valence-corrected chi connectivity index (χ0v) is 12.3. The molecular weight excluding hydrogens is 246 g/mol. The fourth-order valence-electron chi connectivity index (χ4n) is 2.22. The minimum absolute atomic E-state index is 0.990. The van der Waals surface area contributed by atoms with E-state index in [0.717, 1.165) is 26.1 Å². The first-order valence-electron chi connectivity index (χ1n) is 7.12. The second-order valence-corrected chi connectivity index (χ2v) is 5.19. The molecule has 2 aromatic rings. The molecule has 1 heterocycles. The van der Waals surface area contributed by atoms with Gasteiger partial charge in [0.25, 0.3) is 0 Å². The van der Waals surface area contributed by atoms with Gasteiger partial charge in [-0.2, -0.15) is 0 Å². The highest BCUT2D eigenvalue weighted by molar-refractivity contribution is 5.48. The smallest absolute Gasteiger partial charge is 0.0400 e. The molecule has 0 fully saturated rings. The molecule has 1 aromatic carbocycles. The fraction of sp³-hybridized carbons (Fsp3) is 0.353. The number of rotatable bonds is 7. The molecule has 20 heavy (non-hydrogen) atoms. The van der Waals surface area contributed by atoms with Gasteiger partial charge in [0.1, 0.15) is 0 Å². The van der Waals surface area contributed by atoms with Crippen LogP contribution in [0, 0.1) is 6.92 Å². The second kappa shape index (κ2) is 7.65. The van der Waals surface area contributed by atoms with Crippen LogP contribution in [0.4, 0.5) is 5.69 Å². The number of pyridine rings is 1. The van der Waals surface area contributed by atoms with E-state index >= 15 is 0 Å². The number of nitrogens with one attached hydrogen (secondary N) is 1. The molecule has 2 rings (SSSR count). The summed E-state index contributed by atoms with van der Waals surface area (Å²) in [5.74, 6) is 0. The summed E-state index contributed by atoms with van der Waals surface area (Å²) in [4.78, 5) is 6.46. The molecule has 3 nitrogen and oxygen atoms in total. The lowest BCUT2D eigenvalue weighted by Crippen LogP contribution is -2.21. The van der Waals surface area contributed by atoms with Gasteiger partial charge in [0.15, 0.2) is 0 Å². The van der Waals surface area contributed by atoms with Gasteiger partial charge >= 0.3 is 0 Å². The molecule has 0 amide bonds. The topological polar surface area (TPSA) is 28.2 Å². The van der Waals surface area contributed by atoms with Crippen molar-refractivity contribution in [2.24, 2.45) is 0 Å². The van der Waals surface area contributed by atoms with Crippen LogP contribution in [0.3, 0.4) is 0 Å². The van der Waals surface area contributed by atoms with Gasteiger partial charge in [0, 0.05) is 31.2 Å². The number of hydrogen-bond acceptors (Lipinski definition) is 3. The lowest BCUT2D eigenvalue weighted by atomic mass is 10.2. The van der Waals surface area contributed by atoms with Crippen LogP contribution in [-0.2, 0) is 6.54 Å². The van der Waals surface area contributed by atoms with Gasteiger partial charge < -0.3 is 10.2 Å². The third-order valence-corrected chi connectivity index (χ3v) is 3.35. The van der Waals surface area contributed by atoms with Crippen molar-refractivity contribution in [1.82, 2.24) is 9.88 Å². The molecule has 1 aromatic heterocycles. The van der Waals surface area contributed by atoms with E-state index in [-0.39, 0.29) is 0 Å². The molecule has 0 radical (unpaired) electrons. The highest BCUT2D eigenvalue weighted by Gasteiger charge is 2.00. The minimum Gasteiger partial charge on any atom is -0.385 e. The highest BCUT2D eigenvalue weighted by atomic mass is 15.1. The average Bonchev–Trinajstić information content (AvgIpc) is 2.46. The number of hydrogen-bond donors (Lipinski definition) is 1. The summed E-state index contributed by atoms with van der Waals surface area (Å²) in [6, 6.07) is 12.6. The minimum atomic E-state index is 0.990. The molecular formula is C17H23N3. The lowest BCUT2D eigenvalue weighted by Gasteiger charge is -2.17. The average molecular weight is 269 g/mol. The Hall–Kier alpha value is -1.87. The van der Waals surface area contributed by atoms with Crippen LogP contribution in [-0.4, -0.2) is 30.0 Å². The predicted molar refractivity (Wildman–Crippen MR) is 84.9 cm³/mol. The van der Waals surface area contributed by atoms with Crippen LogP contribution in [0.15, 0.2) is 48.8 Å². The molecule has 0 spiro atoms. The van der Waals surface area contributed by atoms with Gasteiger partial charge in [0.05, 0.1) is 0 Å². The van der Waals surface area contributed by atoms with Gasteiger partial charge in [0.2, 0.25) is 0 Å². The predicted octanol–water partition coefficient (Wildman–Crippen LogP) is 3.32. The van der Waals surface area contributed by atoms with Crippen LogP contribution in [0.1, 0.15) is 17.5 Å². The van der Waals surface area contributed by atoms with E-state index in [2.05, 4.69) is 59.5 Å². The Kier molecular flexibility index (Phi) is 5.56. The van der Waals surface area contributed by atoms with Gasteiger partial charge in [-0.25, -0.2) is 0 Å². The van der Waals surface area contributed by atoms with E-state index in [1.165, 1.54) is 16.8 Å². The Balaban J connectivity index is 1.67. The highest BCUT2D eigenvalue weighted by Crippen LogP contribution is 2.11. The molecule has 0 aliphatic carbocycles. The van der Waals surface area contributed by atoms with E-state index in [1.807, 2.05) is 18.5 Å². The summed E-state index contributed by atoms with van der Waals surface area (Å²) < 4.78 is 0. The molecule has 0 bridgehead atoms. The van der Waals surface area contributed by atoms with E-state index in [0.29, 0.717) is 0 Å². The maximum absolute atomic E-state index is 4.10. The summed E-state index contributed by atoms with van der Waals surface area (Å²) in [5, 5.41) is 3.47. The molecule has 0 atom stereocenters. The number of anilines is 1. The SMILES string of the molecule is Cc1cnccc1NCCCN(C)Cc1ccccc1. The van der Waals surface area contributed by atoms with E-state index < -0.39 is 0 Å². The Morgan fingerprint density at radius 1 is 1.15 bits per heavy atom. The summed E-state index contributed by atoms with van der Waals surface area (Å²) >= 11 is 0. The first-order chi connectivity index (χ1) is 9.75. The fourth-order valence-corrected chi connectivity index (χ4v) is 2.22. The largest absolute Gasteiger partial charge is 0.385 e. The van der Waals surface area contributed by atoms with Gasteiger partial charge in [-0.1, -0.05) is 30.3 Å². The van der Waals surface area contributed by atoms with Crippen LogP contribution in [0.25, 0.3) is 0 Å². The Labute approximate surface area is 121 Å².